The smallest absolute Gasteiger partial charge is 0.0996 e. The number of pyridine rings is 1. The van der Waals surface area contributed by atoms with E-state index in [4.69, 9.17) is 4.74 Å². The molecular formula is C19H18N2O. The molecule has 2 heterocycles. The van der Waals surface area contributed by atoms with Gasteiger partial charge in [0.05, 0.1) is 12.7 Å². The summed E-state index contributed by atoms with van der Waals surface area (Å²) < 4.78 is 5.98. The second kappa shape index (κ2) is 5.92. The van der Waals surface area contributed by atoms with Gasteiger partial charge in [-0.15, -0.1) is 0 Å². The summed E-state index contributed by atoms with van der Waals surface area (Å²) >= 11 is 0. The van der Waals surface area contributed by atoms with Gasteiger partial charge in [-0.25, -0.2) is 0 Å². The van der Waals surface area contributed by atoms with E-state index in [9.17, 15) is 0 Å². The summed E-state index contributed by atoms with van der Waals surface area (Å²) in [5.41, 5.74) is 4.35. The first kappa shape index (κ1) is 13.5. The molecule has 1 N–H and O–H groups in total. The lowest BCUT2D eigenvalue weighted by atomic mass is 9.87. The summed E-state index contributed by atoms with van der Waals surface area (Å²) in [6, 6.07) is 12.6. The van der Waals surface area contributed by atoms with E-state index < -0.39 is 0 Å². The number of morpholine rings is 1. The van der Waals surface area contributed by atoms with Gasteiger partial charge in [0, 0.05) is 41.2 Å². The lowest BCUT2D eigenvalue weighted by Gasteiger charge is -2.37. The molecule has 0 spiro atoms. The minimum absolute atomic E-state index is 0.128. The Morgan fingerprint density at radius 1 is 1.14 bits per heavy atom. The molecule has 1 aliphatic carbocycles. The molecule has 0 unspecified atom stereocenters. The number of nitrogens with one attached hydrogen (secondary N) is 1. The third-order valence-corrected chi connectivity index (χ3v) is 4.30. The summed E-state index contributed by atoms with van der Waals surface area (Å²) in [5, 5.41) is 3.55. The Bertz CT molecular complexity index is 730. The Hall–Kier alpha value is -2.15. The van der Waals surface area contributed by atoms with Crippen molar-refractivity contribution in [2.45, 2.75) is 25.0 Å². The number of aryl methyl sites for hydroxylation is 1. The van der Waals surface area contributed by atoms with Crippen LogP contribution in [0.4, 0.5) is 0 Å². The number of nitrogens with zero attached hydrogens (tertiary/aromatic N) is 1. The number of benzene rings is 1. The lowest BCUT2D eigenvalue weighted by molar-refractivity contribution is -0.0132. The zero-order valence-corrected chi connectivity index (χ0v) is 12.4. The quantitative estimate of drug-likeness (QED) is 0.757. The molecule has 1 aromatic carbocycles. The topological polar surface area (TPSA) is 34.1 Å². The molecule has 1 aliphatic heterocycles. The lowest BCUT2D eigenvalue weighted by Crippen LogP contribution is -2.46. The van der Waals surface area contributed by atoms with E-state index in [2.05, 4.69) is 28.2 Å². The molecule has 0 bridgehead atoms. The predicted molar refractivity (Wildman–Crippen MR) is 85.5 cm³/mol. The molecule has 22 heavy (non-hydrogen) atoms. The number of rotatable bonds is 0. The van der Waals surface area contributed by atoms with Gasteiger partial charge in [-0.2, -0.15) is 0 Å². The highest BCUT2D eigenvalue weighted by Gasteiger charge is 2.33. The average molecular weight is 290 g/mol. The highest BCUT2D eigenvalue weighted by Crippen LogP contribution is 2.33. The van der Waals surface area contributed by atoms with Crippen LogP contribution in [0.1, 0.15) is 34.9 Å². The molecule has 110 valence electrons. The van der Waals surface area contributed by atoms with Gasteiger partial charge in [0.2, 0.25) is 0 Å². The van der Waals surface area contributed by atoms with Crippen molar-refractivity contribution >= 4 is 0 Å². The van der Waals surface area contributed by atoms with Crippen molar-refractivity contribution in [2.75, 3.05) is 13.2 Å². The van der Waals surface area contributed by atoms with Crippen molar-refractivity contribution in [3.8, 4) is 11.8 Å². The highest BCUT2D eigenvalue weighted by atomic mass is 16.5. The second-order valence-electron chi connectivity index (χ2n) is 5.77. The molecule has 1 fully saturated rings. The van der Waals surface area contributed by atoms with Crippen LogP contribution >= 0.6 is 0 Å². The molecule has 1 aromatic heterocycles. The van der Waals surface area contributed by atoms with Gasteiger partial charge < -0.3 is 10.1 Å². The molecule has 0 amide bonds. The standard InChI is InChI=1S/C19H18N2O/c1-2-4-14(5-3-1)6-7-15-12-16-17(21-13-15)8-9-18-19(16)22-11-10-20-18/h1-5,12-13,18-20H,8-11H2/t18-,19+/m1/s1. The fraction of sp³-hybridized carbons (Fsp3) is 0.316. The number of hydrogen-bond donors (Lipinski definition) is 1. The fourth-order valence-corrected chi connectivity index (χ4v) is 3.21. The minimum atomic E-state index is 0.128. The van der Waals surface area contributed by atoms with E-state index in [1.807, 2.05) is 36.5 Å². The van der Waals surface area contributed by atoms with Crippen molar-refractivity contribution in [1.82, 2.24) is 10.3 Å². The van der Waals surface area contributed by atoms with Crippen molar-refractivity contribution in [3.05, 3.63) is 65.0 Å². The van der Waals surface area contributed by atoms with E-state index in [-0.39, 0.29) is 6.10 Å². The fourth-order valence-electron chi connectivity index (χ4n) is 3.21. The van der Waals surface area contributed by atoms with Crippen LogP contribution in [0.3, 0.4) is 0 Å². The van der Waals surface area contributed by atoms with E-state index in [0.29, 0.717) is 6.04 Å². The molecule has 1 saturated heterocycles. The third kappa shape index (κ3) is 2.64. The first-order chi connectivity index (χ1) is 10.9. The maximum Gasteiger partial charge on any atom is 0.0996 e. The molecule has 0 saturated carbocycles. The number of aromatic nitrogens is 1. The first-order valence-corrected chi connectivity index (χ1v) is 7.81. The van der Waals surface area contributed by atoms with Crippen LogP contribution < -0.4 is 5.32 Å². The van der Waals surface area contributed by atoms with Crippen LogP contribution in [-0.2, 0) is 11.2 Å². The van der Waals surface area contributed by atoms with E-state index in [1.54, 1.807) is 0 Å². The van der Waals surface area contributed by atoms with Gasteiger partial charge in [-0.1, -0.05) is 30.0 Å². The van der Waals surface area contributed by atoms with Crippen LogP contribution in [0.15, 0.2) is 42.6 Å². The van der Waals surface area contributed by atoms with Gasteiger partial charge in [0.25, 0.3) is 0 Å². The van der Waals surface area contributed by atoms with Gasteiger partial charge in [0.15, 0.2) is 0 Å². The van der Waals surface area contributed by atoms with Gasteiger partial charge >= 0.3 is 0 Å². The molecule has 2 aromatic rings. The molecule has 3 heteroatoms. The van der Waals surface area contributed by atoms with Crippen LogP contribution in [0.2, 0.25) is 0 Å². The van der Waals surface area contributed by atoms with Crippen molar-refractivity contribution in [3.63, 3.8) is 0 Å². The van der Waals surface area contributed by atoms with Gasteiger partial charge in [0.1, 0.15) is 0 Å². The monoisotopic (exact) mass is 290 g/mol. The predicted octanol–water partition coefficient (Wildman–Crippen LogP) is 2.46. The molecule has 2 atom stereocenters. The maximum atomic E-state index is 5.98. The minimum Gasteiger partial charge on any atom is -0.371 e. The number of ether oxygens (including phenoxy) is 1. The average Bonchev–Trinajstić information content (AvgIpc) is 2.60. The van der Waals surface area contributed by atoms with Crippen molar-refractivity contribution in [1.29, 1.82) is 0 Å². The van der Waals surface area contributed by atoms with Crippen LogP contribution in [0.25, 0.3) is 0 Å². The molecule has 2 aliphatic rings. The van der Waals surface area contributed by atoms with Crippen molar-refractivity contribution in [2.24, 2.45) is 0 Å². The molecule has 4 rings (SSSR count). The van der Waals surface area contributed by atoms with Gasteiger partial charge in [-0.3, -0.25) is 4.98 Å². The van der Waals surface area contributed by atoms with Gasteiger partial charge in [-0.05, 0) is 31.0 Å². The van der Waals surface area contributed by atoms with Crippen LogP contribution in [0, 0.1) is 11.8 Å². The summed E-state index contributed by atoms with van der Waals surface area (Å²) in [4.78, 5) is 4.61. The Morgan fingerprint density at radius 2 is 2.00 bits per heavy atom. The van der Waals surface area contributed by atoms with E-state index in [1.165, 1.54) is 5.56 Å². The third-order valence-electron chi connectivity index (χ3n) is 4.30. The SMILES string of the molecule is C(#Cc1cnc2c(c1)[C@@H]1OCCN[C@@H]1CC2)c1ccccc1. The largest absolute Gasteiger partial charge is 0.371 e. The van der Waals surface area contributed by atoms with E-state index in [0.717, 1.165) is 42.8 Å². The van der Waals surface area contributed by atoms with Crippen LogP contribution in [-0.4, -0.2) is 24.2 Å². The number of hydrogen-bond acceptors (Lipinski definition) is 3. The Labute approximate surface area is 130 Å². The zero-order chi connectivity index (χ0) is 14.8. The molecule has 0 radical (unpaired) electrons. The summed E-state index contributed by atoms with van der Waals surface area (Å²) in [5.74, 6) is 6.41. The summed E-state index contributed by atoms with van der Waals surface area (Å²) in [7, 11) is 0. The number of fused-ring (bicyclic) bond motifs is 3. The maximum absolute atomic E-state index is 5.98. The Balaban J connectivity index is 1.65. The summed E-state index contributed by atoms with van der Waals surface area (Å²) in [6.45, 7) is 1.71. The Morgan fingerprint density at radius 3 is 2.91 bits per heavy atom. The highest BCUT2D eigenvalue weighted by molar-refractivity contribution is 5.44. The molecular weight excluding hydrogens is 272 g/mol. The van der Waals surface area contributed by atoms with Crippen LogP contribution in [0.5, 0.6) is 0 Å². The second-order valence-corrected chi connectivity index (χ2v) is 5.77. The molecule has 3 nitrogen and oxygen atoms in total. The summed E-state index contributed by atoms with van der Waals surface area (Å²) in [6.07, 6.45) is 4.12. The van der Waals surface area contributed by atoms with E-state index >= 15 is 0 Å². The zero-order valence-electron chi connectivity index (χ0n) is 12.4. The first-order valence-electron chi connectivity index (χ1n) is 7.81. The normalized spacial score (nSPS) is 22.9. The van der Waals surface area contributed by atoms with Crippen molar-refractivity contribution < 1.29 is 4.74 Å². The Kier molecular flexibility index (Phi) is 3.64.